The van der Waals surface area contributed by atoms with Crippen molar-refractivity contribution in [1.29, 1.82) is 0 Å². The molecule has 0 unspecified atom stereocenters. The molecule has 0 saturated heterocycles. The van der Waals surface area contributed by atoms with E-state index in [0.29, 0.717) is 28.2 Å². The SMILES string of the molecule is O=[N+]([O-])c1ccc2nc(-c3nc4ccccc4[nH]3)c(-c3ccc(I)cc3)nc2c1. The first-order valence-corrected chi connectivity index (χ1v) is 9.83. The van der Waals surface area contributed by atoms with Gasteiger partial charge in [0.15, 0.2) is 5.82 Å². The second-order valence-electron chi connectivity index (χ2n) is 6.46. The Morgan fingerprint density at radius 1 is 0.828 bits per heavy atom. The Bertz CT molecular complexity index is 1360. The predicted octanol–water partition coefficient (Wildman–Crippen LogP) is 5.35. The third kappa shape index (κ3) is 3.21. The van der Waals surface area contributed by atoms with E-state index in [1.807, 2.05) is 48.5 Å². The van der Waals surface area contributed by atoms with Crippen molar-refractivity contribution in [3.63, 3.8) is 0 Å². The van der Waals surface area contributed by atoms with Crippen molar-refractivity contribution in [3.8, 4) is 22.8 Å². The molecular weight excluding hydrogens is 481 g/mol. The van der Waals surface area contributed by atoms with Gasteiger partial charge < -0.3 is 4.98 Å². The number of imidazole rings is 1. The maximum atomic E-state index is 11.2. The van der Waals surface area contributed by atoms with E-state index in [1.54, 1.807) is 6.07 Å². The lowest BCUT2D eigenvalue weighted by Crippen LogP contribution is -1.98. The fourth-order valence-corrected chi connectivity index (χ4v) is 3.55. The molecule has 0 atom stereocenters. The van der Waals surface area contributed by atoms with Crippen molar-refractivity contribution in [2.75, 3.05) is 0 Å². The van der Waals surface area contributed by atoms with Gasteiger partial charge in [-0.15, -0.1) is 0 Å². The van der Waals surface area contributed by atoms with E-state index in [-0.39, 0.29) is 5.69 Å². The van der Waals surface area contributed by atoms with E-state index in [2.05, 4.69) is 32.6 Å². The predicted molar refractivity (Wildman–Crippen MR) is 119 cm³/mol. The maximum absolute atomic E-state index is 11.2. The quantitative estimate of drug-likeness (QED) is 0.208. The molecule has 0 bridgehead atoms. The molecule has 0 aliphatic heterocycles. The Balaban J connectivity index is 1.80. The van der Waals surface area contributed by atoms with Crippen LogP contribution in [0, 0.1) is 13.7 Å². The second kappa shape index (κ2) is 6.89. The Hall–Kier alpha value is -3.40. The van der Waals surface area contributed by atoms with Gasteiger partial charge in [-0.1, -0.05) is 24.3 Å². The zero-order chi connectivity index (χ0) is 20.0. The van der Waals surface area contributed by atoms with Crippen LogP contribution in [0.15, 0.2) is 66.7 Å². The summed E-state index contributed by atoms with van der Waals surface area (Å²) in [6, 6.07) is 20.1. The number of fused-ring (bicyclic) bond motifs is 2. The van der Waals surface area contributed by atoms with Crippen LogP contribution in [-0.2, 0) is 0 Å². The van der Waals surface area contributed by atoms with Gasteiger partial charge in [0.1, 0.15) is 11.4 Å². The van der Waals surface area contributed by atoms with Crippen LogP contribution in [0.1, 0.15) is 0 Å². The molecule has 140 valence electrons. The number of hydrogen-bond acceptors (Lipinski definition) is 5. The highest BCUT2D eigenvalue weighted by atomic mass is 127. The molecular formula is C21H12IN5O2. The van der Waals surface area contributed by atoms with Crippen LogP contribution < -0.4 is 0 Å². The Morgan fingerprint density at radius 2 is 1.59 bits per heavy atom. The molecule has 5 rings (SSSR count). The Kier molecular flexibility index (Phi) is 4.20. The summed E-state index contributed by atoms with van der Waals surface area (Å²) in [6.07, 6.45) is 0. The average Bonchev–Trinajstić information content (AvgIpc) is 3.17. The van der Waals surface area contributed by atoms with E-state index >= 15 is 0 Å². The number of nitrogens with one attached hydrogen (secondary N) is 1. The lowest BCUT2D eigenvalue weighted by molar-refractivity contribution is -0.384. The number of aromatic nitrogens is 4. The normalized spacial score (nSPS) is 11.2. The summed E-state index contributed by atoms with van der Waals surface area (Å²) in [5.41, 5.74) is 4.84. The molecule has 1 N–H and O–H groups in total. The van der Waals surface area contributed by atoms with Crippen LogP contribution >= 0.6 is 22.6 Å². The van der Waals surface area contributed by atoms with Crippen LogP contribution in [0.5, 0.6) is 0 Å². The van der Waals surface area contributed by atoms with Crippen LogP contribution in [0.25, 0.3) is 44.8 Å². The number of hydrogen-bond donors (Lipinski definition) is 1. The number of benzene rings is 3. The number of nitrogens with zero attached hydrogens (tertiary/aromatic N) is 4. The first kappa shape index (κ1) is 17.7. The molecule has 29 heavy (non-hydrogen) atoms. The van der Waals surface area contributed by atoms with E-state index < -0.39 is 4.92 Å². The highest BCUT2D eigenvalue weighted by Crippen LogP contribution is 2.32. The molecule has 2 aromatic heterocycles. The number of nitro benzene ring substituents is 1. The van der Waals surface area contributed by atoms with Gasteiger partial charge in [0.05, 0.1) is 27.0 Å². The lowest BCUT2D eigenvalue weighted by Gasteiger charge is -2.09. The van der Waals surface area contributed by atoms with Gasteiger partial charge in [-0.25, -0.2) is 15.0 Å². The molecule has 5 aromatic rings. The van der Waals surface area contributed by atoms with Gasteiger partial charge >= 0.3 is 0 Å². The van der Waals surface area contributed by atoms with E-state index in [9.17, 15) is 10.1 Å². The fourth-order valence-electron chi connectivity index (χ4n) is 3.20. The van der Waals surface area contributed by atoms with Gasteiger partial charge in [-0.2, -0.15) is 0 Å². The number of halogens is 1. The highest BCUT2D eigenvalue weighted by Gasteiger charge is 2.18. The lowest BCUT2D eigenvalue weighted by atomic mass is 10.1. The summed E-state index contributed by atoms with van der Waals surface area (Å²) >= 11 is 2.24. The van der Waals surface area contributed by atoms with Crippen LogP contribution in [0.4, 0.5) is 5.69 Å². The Morgan fingerprint density at radius 3 is 2.34 bits per heavy atom. The molecule has 0 aliphatic carbocycles. The van der Waals surface area contributed by atoms with Crippen molar-refractivity contribution >= 4 is 50.3 Å². The smallest absolute Gasteiger partial charge is 0.271 e. The summed E-state index contributed by atoms with van der Waals surface area (Å²) in [6.45, 7) is 0. The summed E-state index contributed by atoms with van der Waals surface area (Å²) in [5.74, 6) is 0.604. The third-order valence-corrected chi connectivity index (χ3v) is 5.31. The topological polar surface area (TPSA) is 97.6 Å². The standard InChI is InChI=1S/C21H12IN5O2/c22-13-7-5-12(6-8-13)19-20(21-25-15-3-1-2-4-16(15)26-21)23-17-10-9-14(27(28)29)11-18(17)24-19/h1-11H,(H,25,26). The molecule has 8 heteroatoms. The third-order valence-electron chi connectivity index (χ3n) is 4.59. The molecule has 0 fully saturated rings. The number of aromatic amines is 1. The number of non-ortho nitro benzene ring substituents is 1. The maximum Gasteiger partial charge on any atom is 0.271 e. The summed E-state index contributed by atoms with van der Waals surface area (Å²) in [5, 5.41) is 11.2. The largest absolute Gasteiger partial charge is 0.337 e. The van der Waals surface area contributed by atoms with Gasteiger partial charge in [0, 0.05) is 21.3 Å². The molecule has 3 aromatic carbocycles. The van der Waals surface area contributed by atoms with Crippen molar-refractivity contribution in [2.45, 2.75) is 0 Å². The summed E-state index contributed by atoms with van der Waals surface area (Å²) < 4.78 is 1.10. The van der Waals surface area contributed by atoms with Gasteiger partial charge in [-0.3, -0.25) is 10.1 Å². The molecule has 0 aliphatic rings. The minimum absolute atomic E-state index is 0.0168. The minimum Gasteiger partial charge on any atom is -0.337 e. The van der Waals surface area contributed by atoms with Crippen LogP contribution in [0.2, 0.25) is 0 Å². The molecule has 0 saturated carbocycles. The number of H-pyrrole nitrogens is 1. The summed E-state index contributed by atoms with van der Waals surface area (Å²) in [4.78, 5) is 28.2. The Labute approximate surface area is 178 Å². The average molecular weight is 493 g/mol. The van der Waals surface area contributed by atoms with Crippen LogP contribution in [-0.4, -0.2) is 24.9 Å². The van der Waals surface area contributed by atoms with E-state index in [0.717, 1.165) is 20.2 Å². The van der Waals surface area contributed by atoms with Crippen LogP contribution in [0.3, 0.4) is 0 Å². The molecule has 0 spiro atoms. The summed E-state index contributed by atoms with van der Waals surface area (Å²) in [7, 11) is 0. The molecule has 7 nitrogen and oxygen atoms in total. The monoisotopic (exact) mass is 493 g/mol. The van der Waals surface area contributed by atoms with Crippen molar-refractivity contribution in [3.05, 3.63) is 80.4 Å². The first-order valence-electron chi connectivity index (χ1n) is 8.76. The van der Waals surface area contributed by atoms with E-state index in [4.69, 9.17) is 9.97 Å². The number of para-hydroxylation sites is 2. The first-order chi connectivity index (χ1) is 14.1. The molecule has 2 heterocycles. The van der Waals surface area contributed by atoms with Gasteiger partial charge in [-0.05, 0) is 52.9 Å². The number of nitro groups is 1. The van der Waals surface area contributed by atoms with Gasteiger partial charge in [0.2, 0.25) is 0 Å². The van der Waals surface area contributed by atoms with Crippen molar-refractivity contribution in [1.82, 2.24) is 19.9 Å². The van der Waals surface area contributed by atoms with Crippen molar-refractivity contribution in [2.24, 2.45) is 0 Å². The highest BCUT2D eigenvalue weighted by molar-refractivity contribution is 14.1. The minimum atomic E-state index is -0.432. The molecule has 0 radical (unpaired) electrons. The second-order valence-corrected chi connectivity index (χ2v) is 7.71. The fraction of sp³-hybridized carbons (Fsp3) is 0. The zero-order valence-electron chi connectivity index (χ0n) is 14.8. The van der Waals surface area contributed by atoms with Gasteiger partial charge in [0.25, 0.3) is 5.69 Å². The molecule has 0 amide bonds. The van der Waals surface area contributed by atoms with Crippen molar-refractivity contribution < 1.29 is 4.92 Å². The number of rotatable bonds is 3. The van der Waals surface area contributed by atoms with E-state index in [1.165, 1.54) is 12.1 Å². The zero-order valence-corrected chi connectivity index (χ0v) is 17.0.